The van der Waals surface area contributed by atoms with Crippen molar-refractivity contribution in [2.75, 3.05) is 17.7 Å². The summed E-state index contributed by atoms with van der Waals surface area (Å²) in [6, 6.07) is 3.40. The number of benzene rings is 1. The summed E-state index contributed by atoms with van der Waals surface area (Å²) < 4.78 is 77.7. The standard InChI is InChI=1S/C30H29F5N6O4/c1-4-45-18-12-15(25(42)39-20-13-16(5-10-37-20)30(33,34)35)11-17(31)21(18)22-23-24(36)38-14-19(32)41(23)26(40-22)28(2)6-8-29(3,9-7-28)27(43)44/h5,10-14H,4,6-9H2,1-3H3,(H2,36,38)(H,43,44)(H,37,39,42). The molecule has 1 fully saturated rings. The van der Waals surface area contributed by atoms with E-state index in [0.29, 0.717) is 18.9 Å². The molecule has 238 valence electrons. The number of imidazole rings is 1. The Morgan fingerprint density at radius 2 is 1.80 bits per heavy atom. The van der Waals surface area contributed by atoms with Gasteiger partial charge in [-0.1, -0.05) is 6.92 Å². The lowest BCUT2D eigenvalue weighted by molar-refractivity contribution is -0.150. The van der Waals surface area contributed by atoms with Crippen molar-refractivity contribution >= 4 is 29.0 Å². The normalized spacial score (nSPS) is 20.3. The van der Waals surface area contributed by atoms with Crippen molar-refractivity contribution in [2.24, 2.45) is 5.41 Å². The Labute approximate surface area is 253 Å². The molecule has 3 heterocycles. The second-order valence-electron chi connectivity index (χ2n) is 11.5. The van der Waals surface area contributed by atoms with Crippen LogP contribution in [0.1, 0.15) is 68.2 Å². The SMILES string of the molecule is CCOc1cc(C(=O)Nc2cc(C(F)(F)F)ccn2)cc(F)c1-c1nc(C2(C)CCC(C)(C(=O)O)CC2)n2c(F)cnc(N)c12. The van der Waals surface area contributed by atoms with Gasteiger partial charge in [0.05, 0.1) is 29.3 Å². The number of pyridine rings is 1. The number of ether oxygens (including phenoxy) is 1. The molecule has 3 aromatic heterocycles. The minimum Gasteiger partial charge on any atom is -0.493 e. The Morgan fingerprint density at radius 1 is 1.11 bits per heavy atom. The molecule has 0 atom stereocenters. The van der Waals surface area contributed by atoms with Gasteiger partial charge >= 0.3 is 12.1 Å². The fourth-order valence-corrected chi connectivity index (χ4v) is 5.55. The van der Waals surface area contributed by atoms with Crippen LogP contribution in [0.3, 0.4) is 0 Å². The fraction of sp³-hybridized carbons (Fsp3) is 0.367. The van der Waals surface area contributed by atoms with E-state index in [1.54, 1.807) is 13.8 Å². The summed E-state index contributed by atoms with van der Waals surface area (Å²) in [5.41, 5.74) is 2.63. The molecular formula is C30H29F5N6O4. The number of aromatic nitrogens is 4. The largest absolute Gasteiger partial charge is 0.493 e. The van der Waals surface area contributed by atoms with Crippen LogP contribution in [0.4, 0.5) is 33.6 Å². The number of anilines is 2. The topological polar surface area (TPSA) is 145 Å². The van der Waals surface area contributed by atoms with E-state index in [0.717, 1.165) is 28.9 Å². The molecule has 0 spiro atoms. The van der Waals surface area contributed by atoms with Gasteiger partial charge in [-0.15, -0.1) is 0 Å². The Morgan fingerprint density at radius 3 is 2.42 bits per heavy atom. The molecule has 0 aliphatic heterocycles. The maximum atomic E-state index is 16.0. The Kier molecular flexibility index (Phi) is 7.92. The number of nitrogen functional groups attached to an aromatic ring is 1. The van der Waals surface area contributed by atoms with Crippen molar-refractivity contribution in [1.29, 1.82) is 0 Å². The second kappa shape index (κ2) is 11.3. The van der Waals surface area contributed by atoms with Gasteiger partial charge in [-0.2, -0.15) is 17.6 Å². The van der Waals surface area contributed by atoms with Crippen LogP contribution < -0.4 is 15.8 Å². The quantitative estimate of drug-likeness (QED) is 0.203. The summed E-state index contributed by atoms with van der Waals surface area (Å²) in [4.78, 5) is 37.1. The number of hydrogen-bond donors (Lipinski definition) is 3. The van der Waals surface area contributed by atoms with Crippen LogP contribution >= 0.6 is 0 Å². The van der Waals surface area contributed by atoms with Crippen LogP contribution in [0.5, 0.6) is 5.75 Å². The van der Waals surface area contributed by atoms with E-state index < -0.39 is 52.0 Å². The number of nitrogens with two attached hydrogens (primary N) is 1. The van der Waals surface area contributed by atoms with Crippen molar-refractivity contribution in [2.45, 2.75) is 58.0 Å². The highest BCUT2D eigenvalue weighted by atomic mass is 19.4. The van der Waals surface area contributed by atoms with Crippen LogP contribution in [-0.2, 0) is 16.4 Å². The first-order chi connectivity index (χ1) is 21.1. The number of aliphatic carboxylic acids is 1. The molecule has 4 N–H and O–H groups in total. The third-order valence-corrected chi connectivity index (χ3v) is 8.34. The monoisotopic (exact) mass is 632 g/mol. The number of hydrogen-bond acceptors (Lipinski definition) is 7. The molecule has 15 heteroatoms. The highest BCUT2D eigenvalue weighted by Gasteiger charge is 2.45. The van der Waals surface area contributed by atoms with Crippen LogP contribution in [0.25, 0.3) is 16.8 Å². The number of halogens is 5. The van der Waals surface area contributed by atoms with Crippen LogP contribution in [-0.4, -0.2) is 42.9 Å². The molecule has 5 rings (SSSR count). The predicted octanol–water partition coefficient (Wildman–Crippen LogP) is 6.24. The molecule has 0 bridgehead atoms. The summed E-state index contributed by atoms with van der Waals surface area (Å²) in [6.45, 7) is 5.09. The molecule has 1 saturated carbocycles. The molecule has 1 amide bonds. The number of rotatable bonds is 7. The molecule has 4 aromatic rings. The number of carboxylic acids is 1. The third kappa shape index (κ3) is 5.73. The summed E-state index contributed by atoms with van der Waals surface area (Å²) in [5, 5.41) is 11.9. The first-order valence-corrected chi connectivity index (χ1v) is 14.0. The van der Waals surface area contributed by atoms with Gasteiger partial charge in [0.15, 0.2) is 0 Å². The van der Waals surface area contributed by atoms with E-state index in [1.165, 1.54) is 6.07 Å². The number of carbonyl (C=O) groups excluding carboxylic acids is 1. The number of carbonyl (C=O) groups is 2. The summed E-state index contributed by atoms with van der Waals surface area (Å²) in [6.07, 6.45) is -1.66. The molecule has 10 nitrogen and oxygen atoms in total. The number of alkyl halides is 3. The average Bonchev–Trinajstić information content (AvgIpc) is 3.39. The van der Waals surface area contributed by atoms with Gasteiger partial charge in [0.2, 0.25) is 5.95 Å². The highest BCUT2D eigenvalue weighted by Crippen LogP contribution is 2.48. The number of carboxylic acid groups (broad SMARTS) is 1. The Bertz CT molecular complexity index is 1810. The van der Waals surface area contributed by atoms with Crippen LogP contribution in [0.15, 0.2) is 36.7 Å². The summed E-state index contributed by atoms with van der Waals surface area (Å²) in [7, 11) is 0. The van der Waals surface area contributed by atoms with Gasteiger partial charge in [-0.25, -0.2) is 19.3 Å². The summed E-state index contributed by atoms with van der Waals surface area (Å²) >= 11 is 0. The third-order valence-electron chi connectivity index (χ3n) is 8.34. The summed E-state index contributed by atoms with van der Waals surface area (Å²) in [5.74, 6) is -4.29. The number of nitrogens with one attached hydrogen (secondary N) is 1. The van der Waals surface area contributed by atoms with Crippen molar-refractivity contribution in [1.82, 2.24) is 19.4 Å². The molecule has 1 aliphatic carbocycles. The maximum absolute atomic E-state index is 16.0. The van der Waals surface area contributed by atoms with E-state index in [4.69, 9.17) is 10.5 Å². The second-order valence-corrected chi connectivity index (χ2v) is 11.5. The Balaban J connectivity index is 1.61. The van der Waals surface area contributed by atoms with Gasteiger partial charge in [0.25, 0.3) is 5.91 Å². The van der Waals surface area contributed by atoms with Gasteiger partial charge < -0.3 is 20.9 Å². The van der Waals surface area contributed by atoms with E-state index >= 15 is 8.78 Å². The van der Waals surface area contributed by atoms with Gasteiger partial charge in [0.1, 0.15) is 40.2 Å². The van der Waals surface area contributed by atoms with Gasteiger partial charge in [-0.05, 0) is 63.8 Å². The van der Waals surface area contributed by atoms with Crippen molar-refractivity contribution in [3.63, 3.8) is 0 Å². The van der Waals surface area contributed by atoms with Gasteiger partial charge in [-0.3, -0.25) is 14.0 Å². The van der Waals surface area contributed by atoms with Crippen LogP contribution in [0.2, 0.25) is 0 Å². The van der Waals surface area contributed by atoms with E-state index in [-0.39, 0.29) is 59.2 Å². The molecule has 0 radical (unpaired) electrons. The van der Waals surface area contributed by atoms with E-state index in [9.17, 15) is 27.9 Å². The average molecular weight is 633 g/mol. The fourth-order valence-electron chi connectivity index (χ4n) is 5.55. The minimum absolute atomic E-state index is 0.0128. The highest BCUT2D eigenvalue weighted by molar-refractivity contribution is 6.05. The molecule has 45 heavy (non-hydrogen) atoms. The van der Waals surface area contributed by atoms with E-state index in [1.807, 2.05) is 6.92 Å². The molecule has 0 saturated heterocycles. The lowest BCUT2D eigenvalue weighted by atomic mass is 9.65. The number of amides is 1. The van der Waals surface area contributed by atoms with Crippen LogP contribution in [0, 0.1) is 17.2 Å². The number of nitrogens with zero attached hydrogens (tertiary/aromatic N) is 4. The zero-order valence-electron chi connectivity index (χ0n) is 24.4. The van der Waals surface area contributed by atoms with E-state index in [2.05, 4.69) is 20.3 Å². The lowest BCUT2D eigenvalue weighted by Crippen LogP contribution is -2.39. The zero-order valence-corrected chi connectivity index (χ0v) is 24.4. The molecule has 1 aromatic carbocycles. The lowest BCUT2D eigenvalue weighted by Gasteiger charge is -2.40. The maximum Gasteiger partial charge on any atom is 0.416 e. The van der Waals surface area contributed by atoms with Crippen molar-refractivity contribution in [3.05, 3.63) is 65.4 Å². The number of fused-ring (bicyclic) bond motifs is 1. The van der Waals surface area contributed by atoms with Gasteiger partial charge in [0, 0.05) is 17.2 Å². The Hall–Kier alpha value is -4.82. The first kappa shape index (κ1) is 31.6. The smallest absolute Gasteiger partial charge is 0.416 e. The predicted molar refractivity (Wildman–Crippen MR) is 153 cm³/mol. The molecule has 0 unspecified atom stereocenters. The van der Waals surface area contributed by atoms with Crippen molar-refractivity contribution in [3.8, 4) is 17.0 Å². The first-order valence-electron chi connectivity index (χ1n) is 14.0. The minimum atomic E-state index is -4.68. The molecule has 1 aliphatic rings. The van der Waals surface area contributed by atoms with Crippen molar-refractivity contribution < 1.29 is 41.4 Å². The zero-order chi connectivity index (χ0) is 32.9. The molecular weight excluding hydrogens is 603 g/mol.